The average molecular weight is 253 g/mol. The largest absolute Gasteiger partial charge is 0.497 e. The third-order valence-electron chi connectivity index (χ3n) is 2.21. The summed E-state index contributed by atoms with van der Waals surface area (Å²) in [6.07, 6.45) is -0.315. The molecule has 0 radical (unpaired) electrons. The van der Waals surface area contributed by atoms with Crippen LogP contribution in [0, 0.1) is 10.1 Å². The van der Waals surface area contributed by atoms with Crippen LogP contribution in [0.15, 0.2) is 18.2 Å². The number of benzene rings is 1. The minimum atomic E-state index is -0.990. The number of hydrogen-bond donors (Lipinski definition) is 2. The SMILES string of the molecule is COc1ccc([N+](=O)[O-])c(C(NC=O)NC=O)c1. The lowest BCUT2D eigenvalue weighted by molar-refractivity contribution is -0.385. The Balaban J connectivity index is 3.26. The van der Waals surface area contributed by atoms with Crippen molar-refractivity contribution in [2.75, 3.05) is 7.11 Å². The number of nitro groups is 1. The summed E-state index contributed by atoms with van der Waals surface area (Å²) in [5.41, 5.74) is -0.108. The van der Waals surface area contributed by atoms with E-state index in [-0.39, 0.29) is 11.3 Å². The Morgan fingerprint density at radius 3 is 2.39 bits per heavy atom. The van der Waals surface area contributed by atoms with Crippen LogP contribution in [0.1, 0.15) is 11.7 Å². The molecular weight excluding hydrogens is 242 g/mol. The molecule has 0 saturated carbocycles. The van der Waals surface area contributed by atoms with E-state index < -0.39 is 11.1 Å². The fraction of sp³-hybridized carbons (Fsp3) is 0.200. The van der Waals surface area contributed by atoms with E-state index in [1.54, 1.807) is 0 Å². The molecule has 0 aromatic heterocycles. The number of ether oxygens (including phenoxy) is 1. The second-order valence-electron chi connectivity index (χ2n) is 3.18. The number of rotatable bonds is 7. The molecule has 0 spiro atoms. The number of carbonyl (C=O) groups is 2. The Morgan fingerprint density at radius 2 is 1.94 bits per heavy atom. The van der Waals surface area contributed by atoms with Crippen LogP contribution in [0.3, 0.4) is 0 Å². The van der Waals surface area contributed by atoms with Gasteiger partial charge >= 0.3 is 0 Å². The summed E-state index contributed by atoms with van der Waals surface area (Å²) in [6.45, 7) is 0. The average Bonchev–Trinajstić information content (AvgIpc) is 2.37. The van der Waals surface area contributed by atoms with E-state index in [1.165, 1.54) is 25.3 Å². The standard InChI is InChI=1S/C10H11N3O5/c1-18-7-2-3-9(13(16)17)8(4-7)10(11-5-14)12-6-15/h2-6,10H,1H3,(H,11,14)(H,12,15). The number of nitrogens with zero attached hydrogens (tertiary/aromatic N) is 1. The third kappa shape index (κ3) is 2.94. The molecular formula is C10H11N3O5. The van der Waals surface area contributed by atoms with Gasteiger partial charge in [0.25, 0.3) is 5.69 Å². The predicted molar refractivity (Wildman–Crippen MR) is 60.8 cm³/mol. The van der Waals surface area contributed by atoms with Crippen molar-refractivity contribution in [2.45, 2.75) is 6.17 Å². The van der Waals surface area contributed by atoms with Gasteiger partial charge in [0, 0.05) is 6.07 Å². The molecule has 0 fully saturated rings. The van der Waals surface area contributed by atoms with Gasteiger partial charge in [-0.15, -0.1) is 0 Å². The van der Waals surface area contributed by atoms with Crippen molar-refractivity contribution in [1.29, 1.82) is 0 Å². The van der Waals surface area contributed by atoms with Crippen molar-refractivity contribution < 1.29 is 19.2 Å². The maximum atomic E-state index is 10.9. The van der Waals surface area contributed by atoms with Crippen LogP contribution in [-0.4, -0.2) is 24.9 Å². The van der Waals surface area contributed by atoms with Crippen LogP contribution in [0.5, 0.6) is 5.75 Å². The number of hydrogen-bond acceptors (Lipinski definition) is 5. The molecule has 1 aromatic rings. The molecule has 0 atom stereocenters. The first-order chi connectivity index (χ1) is 8.63. The molecule has 1 aromatic carbocycles. The van der Waals surface area contributed by atoms with E-state index in [9.17, 15) is 19.7 Å². The molecule has 0 bridgehead atoms. The fourth-order valence-electron chi connectivity index (χ4n) is 1.42. The van der Waals surface area contributed by atoms with Gasteiger partial charge in [-0.05, 0) is 12.1 Å². The lowest BCUT2D eigenvalue weighted by Crippen LogP contribution is -2.33. The van der Waals surface area contributed by atoms with E-state index in [1.807, 2.05) is 0 Å². The van der Waals surface area contributed by atoms with E-state index >= 15 is 0 Å². The van der Waals surface area contributed by atoms with Gasteiger partial charge in [0.15, 0.2) is 0 Å². The molecule has 8 nitrogen and oxygen atoms in total. The van der Waals surface area contributed by atoms with Crippen LogP contribution in [0.2, 0.25) is 0 Å². The molecule has 18 heavy (non-hydrogen) atoms. The topological polar surface area (TPSA) is 111 Å². The highest BCUT2D eigenvalue weighted by molar-refractivity contribution is 5.56. The fourth-order valence-corrected chi connectivity index (χ4v) is 1.42. The molecule has 0 saturated heterocycles. The molecule has 0 aliphatic rings. The van der Waals surface area contributed by atoms with Crippen LogP contribution in [0.4, 0.5) is 5.69 Å². The second kappa shape index (κ2) is 6.18. The van der Waals surface area contributed by atoms with Crippen molar-refractivity contribution >= 4 is 18.5 Å². The number of carbonyl (C=O) groups excluding carboxylic acids is 2. The van der Waals surface area contributed by atoms with Crippen molar-refractivity contribution in [1.82, 2.24) is 10.6 Å². The first-order valence-electron chi connectivity index (χ1n) is 4.85. The van der Waals surface area contributed by atoms with Crippen molar-refractivity contribution in [3.63, 3.8) is 0 Å². The van der Waals surface area contributed by atoms with Crippen LogP contribution >= 0.6 is 0 Å². The molecule has 0 heterocycles. The highest BCUT2D eigenvalue weighted by Gasteiger charge is 2.22. The molecule has 1 rings (SSSR count). The second-order valence-corrected chi connectivity index (χ2v) is 3.18. The van der Waals surface area contributed by atoms with Gasteiger partial charge in [-0.25, -0.2) is 0 Å². The first kappa shape index (κ1) is 13.4. The minimum Gasteiger partial charge on any atom is -0.497 e. The number of nitro benzene ring substituents is 1. The minimum absolute atomic E-state index is 0.124. The lowest BCUT2D eigenvalue weighted by Gasteiger charge is -2.16. The number of methoxy groups -OCH3 is 1. The van der Waals surface area contributed by atoms with E-state index in [2.05, 4.69) is 10.6 Å². The zero-order chi connectivity index (χ0) is 13.5. The van der Waals surface area contributed by atoms with Crippen LogP contribution < -0.4 is 15.4 Å². The summed E-state index contributed by atoms with van der Waals surface area (Å²) in [7, 11) is 1.40. The van der Waals surface area contributed by atoms with Gasteiger partial charge in [0.05, 0.1) is 17.6 Å². The lowest BCUT2D eigenvalue weighted by atomic mass is 10.1. The molecule has 96 valence electrons. The van der Waals surface area contributed by atoms with Gasteiger partial charge in [0.1, 0.15) is 11.9 Å². The van der Waals surface area contributed by atoms with Gasteiger partial charge in [0.2, 0.25) is 12.8 Å². The van der Waals surface area contributed by atoms with Crippen molar-refractivity contribution in [3.05, 3.63) is 33.9 Å². The predicted octanol–water partition coefficient (Wildman–Crippen LogP) is 0.0940. The molecule has 2 N–H and O–H groups in total. The van der Waals surface area contributed by atoms with E-state index in [0.717, 1.165) is 0 Å². The van der Waals surface area contributed by atoms with Crippen molar-refractivity contribution in [2.24, 2.45) is 0 Å². The Hall–Kier alpha value is -2.64. The van der Waals surface area contributed by atoms with E-state index in [0.29, 0.717) is 18.6 Å². The summed E-state index contributed by atoms with van der Waals surface area (Å²) < 4.78 is 4.94. The van der Waals surface area contributed by atoms with Gasteiger partial charge in [-0.2, -0.15) is 0 Å². The summed E-state index contributed by atoms with van der Waals surface area (Å²) in [6, 6.07) is 4.02. The maximum absolute atomic E-state index is 10.9. The quantitative estimate of drug-likeness (QED) is 0.310. The molecule has 2 amide bonds. The smallest absolute Gasteiger partial charge is 0.276 e. The van der Waals surface area contributed by atoms with Crippen LogP contribution in [-0.2, 0) is 9.59 Å². The molecule has 0 unspecified atom stereocenters. The van der Waals surface area contributed by atoms with Crippen LogP contribution in [0.25, 0.3) is 0 Å². The normalized spacial score (nSPS) is 9.67. The summed E-state index contributed by atoms with van der Waals surface area (Å²) in [5.74, 6) is 0.376. The molecule has 0 aliphatic heterocycles. The zero-order valence-corrected chi connectivity index (χ0v) is 9.45. The highest BCUT2D eigenvalue weighted by Crippen LogP contribution is 2.27. The van der Waals surface area contributed by atoms with Gasteiger partial charge in [-0.3, -0.25) is 19.7 Å². The first-order valence-corrected chi connectivity index (χ1v) is 4.85. The van der Waals surface area contributed by atoms with Gasteiger partial charge < -0.3 is 15.4 Å². The van der Waals surface area contributed by atoms with Gasteiger partial charge in [-0.1, -0.05) is 0 Å². The molecule has 0 aliphatic carbocycles. The number of nitrogens with one attached hydrogen (secondary N) is 2. The van der Waals surface area contributed by atoms with Crippen molar-refractivity contribution in [3.8, 4) is 5.75 Å². The highest BCUT2D eigenvalue weighted by atomic mass is 16.6. The number of amides is 2. The Morgan fingerprint density at radius 1 is 1.33 bits per heavy atom. The summed E-state index contributed by atoms with van der Waals surface area (Å²) >= 11 is 0. The monoisotopic (exact) mass is 253 g/mol. The summed E-state index contributed by atoms with van der Waals surface area (Å²) in [4.78, 5) is 31.1. The maximum Gasteiger partial charge on any atom is 0.276 e. The Kier molecular flexibility index (Phi) is 4.61. The Labute approximate surface area is 102 Å². The third-order valence-corrected chi connectivity index (χ3v) is 2.21. The zero-order valence-electron chi connectivity index (χ0n) is 9.45. The van der Waals surface area contributed by atoms with E-state index in [4.69, 9.17) is 4.74 Å². The summed E-state index contributed by atoms with van der Waals surface area (Å²) in [5, 5.41) is 15.4. The Bertz CT molecular complexity index is 453. The molecule has 8 heteroatoms.